The van der Waals surface area contributed by atoms with Gasteiger partial charge in [0.1, 0.15) is 33.6 Å². The van der Waals surface area contributed by atoms with Crippen molar-refractivity contribution in [1.29, 1.82) is 0 Å². The number of hydrogen-bond donors (Lipinski definition) is 0. The molecule has 0 saturated heterocycles. The molecule has 54 heavy (non-hydrogen) atoms. The van der Waals surface area contributed by atoms with E-state index in [1.807, 2.05) is 102 Å². The van der Waals surface area contributed by atoms with Gasteiger partial charge in [0, 0.05) is 41.7 Å². The first kappa shape index (κ1) is 39.8. The monoisotopic (exact) mass is 895 g/mol. The molecule has 9 heteroatoms. The van der Waals surface area contributed by atoms with E-state index < -0.39 is 10.8 Å². The van der Waals surface area contributed by atoms with Crippen molar-refractivity contribution in [2.75, 3.05) is 0 Å². The van der Waals surface area contributed by atoms with Gasteiger partial charge in [-0.2, -0.15) is 0 Å². The average Bonchev–Trinajstić information content (AvgIpc) is 3.74. The van der Waals surface area contributed by atoms with Crippen molar-refractivity contribution >= 4 is 55.2 Å². The molecule has 0 bridgehead atoms. The van der Waals surface area contributed by atoms with Crippen molar-refractivity contribution < 1.29 is 29.7 Å². The van der Waals surface area contributed by atoms with E-state index in [1.54, 1.807) is 9.59 Å². The third kappa shape index (κ3) is 9.22. The molecule has 0 saturated carbocycles. The number of ketones is 2. The maximum Gasteiger partial charge on any atom is 0.145 e. The van der Waals surface area contributed by atoms with Gasteiger partial charge in [-0.15, -0.1) is 30.0 Å². The van der Waals surface area contributed by atoms with Crippen LogP contribution in [0.25, 0.3) is 55.0 Å². The molecule has 2 aromatic heterocycles. The zero-order chi connectivity index (χ0) is 37.9. The summed E-state index contributed by atoms with van der Waals surface area (Å²) in [4.78, 5) is 26.5. The molecule has 0 fully saturated rings. The molecular weight excluding hydrogens is 849 g/mol. The van der Waals surface area contributed by atoms with Gasteiger partial charge in [0.15, 0.2) is 0 Å². The Morgan fingerprint density at radius 2 is 0.833 bits per heavy atom. The van der Waals surface area contributed by atoms with E-state index in [4.69, 9.17) is 0 Å². The van der Waals surface area contributed by atoms with Gasteiger partial charge in [-0.25, -0.2) is 0 Å². The van der Waals surface area contributed by atoms with Crippen molar-refractivity contribution in [2.45, 2.75) is 61.8 Å². The number of rotatable bonds is 4. The van der Waals surface area contributed by atoms with Crippen LogP contribution in [0, 0.1) is 24.7 Å². The van der Waals surface area contributed by atoms with E-state index >= 15 is 0 Å². The molecule has 0 N–H and O–H groups in total. The quantitative estimate of drug-likeness (QED) is 0.163. The molecule has 0 atom stereocenters. The molecule has 0 amide bonds. The molecule has 8 nitrogen and oxygen atoms in total. The van der Waals surface area contributed by atoms with Crippen LogP contribution in [-0.4, -0.2) is 41.6 Å². The predicted octanol–water partition coefficient (Wildman–Crippen LogP) is 10.4. The molecule has 0 aliphatic heterocycles. The van der Waals surface area contributed by atoms with E-state index in [0.717, 1.165) is 44.2 Å². The number of aryl methyl sites for hydroxylation is 2. The smallest absolute Gasteiger partial charge is 0.145 e. The van der Waals surface area contributed by atoms with Crippen LogP contribution in [-0.2, 0) is 29.7 Å². The third-order valence-corrected chi connectivity index (χ3v) is 9.03. The fraction of sp³-hybridized carbons (Fsp3) is 0.244. The Hall–Kier alpha value is -5.37. The maximum absolute atomic E-state index is 11.5. The number of nitrogens with zero attached hydrogens (tertiary/aromatic N) is 6. The number of aromatic nitrogens is 6. The molecule has 277 valence electrons. The second kappa shape index (κ2) is 16.3. The van der Waals surface area contributed by atoms with Gasteiger partial charge in [0.05, 0.1) is 17.8 Å². The van der Waals surface area contributed by atoms with Gasteiger partial charge < -0.3 is 0 Å². The Labute approximate surface area is 329 Å². The van der Waals surface area contributed by atoms with Crippen LogP contribution < -0.4 is 0 Å². The van der Waals surface area contributed by atoms with Crippen LogP contribution in [0.2, 0.25) is 0 Å². The SMILES string of the molecule is CC(C)(C)C(=O)CC(=O)C(C)(C)C.Cc1ccc2nn(-c3cccc4ccccc34)nc2c1.Cc1ccc2nn(-c3cccc4ccccc34)nc2c1.[Ir]. The Morgan fingerprint density at radius 1 is 0.481 bits per heavy atom. The summed E-state index contributed by atoms with van der Waals surface area (Å²) in [6.07, 6.45) is 0.0625. The van der Waals surface area contributed by atoms with E-state index in [9.17, 15) is 9.59 Å². The Kier molecular flexibility index (Phi) is 12.0. The van der Waals surface area contributed by atoms with Crippen LogP contribution >= 0.6 is 0 Å². The molecule has 8 aromatic rings. The number of hydrogen-bond acceptors (Lipinski definition) is 6. The number of carbonyl (C=O) groups excluding carboxylic acids is 2. The Balaban J connectivity index is 0.000000159. The Bertz CT molecular complexity index is 2400. The normalized spacial score (nSPS) is 11.4. The van der Waals surface area contributed by atoms with Gasteiger partial charge in [0.2, 0.25) is 0 Å². The molecule has 0 aliphatic rings. The van der Waals surface area contributed by atoms with Crippen molar-refractivity contribution in [3.63, 3.8) is 0 Å². The molecule has 6 aromatic carbocycles. The first-order valence-corrected chi connectivity index (χ1v) is 17.9. The molecule has 0 aliphatic carbocycles. The number of Topliss-reactive ketones (excluding diaryl/α,β-unsaturated/α-hetero) is 2. The summed E-state index contributed by atoms with van der Waals surface area (Å²) < 4.78 is 0. The number of fused-ring (bicyclic) bond motifs is 4. The van der Waals surface area contributed by atoms with Gasteiger partial charge in [-0.1, -0.05) is 126 Å². The van der Waals surface area contributed by atoms with Gasteiger partial charge >= 0.3 is 0 Å². The van der Waals surface area contributed by atoms with Crippen LogP contribution in [0.4, 0.5) is 0 Å². The minimum atomic E-state index is -0.402. The van der Waals surface area contributed by atoms with Gasteiger partial charge in [0.25, 0.3) is 0 Å². The second-order valence-electron chi connectivity index (χ2n) is 15.5. The first-order chi connectivity index (χ1) is 25.2. The van der Waals surface area contributed by atoms with Crippen LogP contribution in [0.15, 0.2) is 121 Å². The molecule has 0 unspecified atom stereocenters. The van der Waals surface area contributed by atoms with E-state index in [-0.39, 0.29) is 38.1 Å². The molecule has 0 spiro atoms. The summed E-state index contributed by atoms with van der Waals surface area (Å²) >= 11 is 0. The van der Waals surface area contributed by atoms with E-state index in [2.05, 4.69) is 94.9 Å². The predicted molar refractivity (Wildman–Crippen MR) is 216 cm³/mol. The van der Waals surface area contributed by atoms with E-state index in [0.29, 0.717) is 0 Å². The fourth-order valence-corrected chi connectivity index (χ4v) is 5.71. The number of carbonyl (C=O) groups is 2. The molecule has 1 radical (unpaired) electrons. The zero-order valence-corrected chi connectivity index (χ0v) is 34.5. The molecular formula is C45H46IrN6O2. The topological polar surface area (TPSA) is 95.6 Å². The fourth-order valence-electron chi connectivity index (χ4n) is 5.71. The largest absolute Gasteiger partial charge is 0.299 e. The third-order valence-electron chi connectivity index (χ3n) is 9.03. The summed E-state index contributed by atoms with van der Waals surface area (Å²) in [5.41, 5.74) is 7.31. The van der Waals surface area contributed by atoms with Crippen molar-refractivity contribution in [3.05, 3.63) is 132 Å². The summed E-state index contributed by atoms with van der Waals surface area (Å²) in [6, 6.07) is 41.2. The van der Waals surface area contributed by atoms with Crippen LogP contribution in [0.3, 0.4) is 0 Å². The average molecular weight is 895 g/mol. The van der Waals surface area contributed by atoms with Crippen molar-refractivity contribution in [1.82, 2.24) is 30.0 Å². The summed E-state index contributed by atoms with van der Waals surface area (Å²) in [5, 5.41) is 23.1. The summed E-state index contributed by atoms with van der Waals surface area (Å²) in [6.45, 7) is 15.2. The number of benzene rings is 6. The van der Waals surface area contributed by atoms with Crippen LogP contribution in [0.1, 0.15) is 59.1 Å². The van der Waals surface area contributed by atoms with Gasteiger partial charge in [-0.3, -0.25) is 9.59 Å². The minimum absolute atomic E-state index is 0. The van der Waals surface area contributed by atoms with E-state index in [1.165, 1.54) is 21.9 Å². The molecule has 2 heterocycles. The van der Waals surface area contributed by atoms with Crippen molar-refractivity contribution in [3.8, 4) is 11.4 Å². The maximum atomic E-state index is 11.5. The van der Waals surface area contributed by atoms with Crippen LogP contribution in [0.5, 0.6) is 0 Å². The summed E-state index contributed by atoms with van der Waals surface area (Å²) in [7, 11) is 0. The standard InChI is InChI=1S/2C17H13N3.C11H20O2.Ir/c2*1-12-9-10-15-16(11-12)19-20(18-15)17-8-4-6-13-5-2-3-7-14(13)17;1-10(2,3)8(12)7-9(13)11(4,5)6;/h2*2-11H,1H3;7H2,1-6H3;. The van der Waals surface area contributed by atoms with Gasteiger partial charge in [-0.05, 0) is 72.1 Å². The zero-order valence-electron chi connectivity index (χ0n) is 32.1. The van der Waals surface area contributed by atoms with Crippen molar-refractivity contribution in [2.24, 2.45) is 10.8 Å². The second-order valence-corrected chi connectivity index (χ2v) is 15.5. The minimum Gasteiger partial charge on any atom is -0.299 e. The Morgan fingerprint density at radius 3 is 1.22 bits per heavy atom. The molecule has 8 rings (SSSR count). The summed E-state index contributed by atoms with van der Waals surface area (Å²) in [5.74, 6) is 0.0415. The first-order valence-electron chi connectivity index (χ1n) is 17.9.